The highest BCUT2D eigenvalue weighted by Crippen LogP contribution is 2.18. The van der Waals surface area contributed by atoms with Gasteiger partial charge in [-0.15, -0.1) is 0 Å². The second-order valence-corrected chi connectivity index (χ2v) is 8.01. The Morgan fingerprint density at radius 1 is 0.909 bits per heavy atom. The Labute approximate surface area is 193 Å². The van der Waals surface area contributed by atoms with Crippen LogP contribution >= 0.6 is 0 Å². The first-order valence-electron chi connectivity index (χ1n) is 11.4. The molecule has 0 bridgehead atoms. The molecule has 0 saturated heterocycles. The van der Waals surface area contributed by atoms with E-state index in [4.69, 9.17) is 4.98 Å². The third kappa shape index (κ3) is 6.16. The number of hydrogen-bond acceptors (Lipinski definition) is 2. The highest BCUT2D eigenvalue weighted by Gasteiger charge is 2.09. The molecule has 3 aromatic carbocycles. The molecule has 0 saturated carbocycles. The van der Waals surface area contributed by atoms with E-state index >= 15 is 0 Å². The van der Waals surface area contributed by atoms with Gasteiger partial charge >= 0.3 is 0 Å². The van der Waals surface area contributed by atoms with Crippen molar-refractivity contribution < 1.29 is 9.18 Å². The summed E-state index contributed by atoms with van der Waals surface area (Å²) in [5.74, 6) is 0.583. The molecule has 1 amide bonds. The number of benzene rings is 3. The molecule has 4 aromatic rings. The number of unbranched alkanes of at least 4 members (excludes halogenated alkanes) is 2. The van der Waals surface area contributed by atoms with Crippen LogP contribution in [0.1, 0.15) is 41.0 Å². The average Bonchev–Trinajstić information content (AvgIpc) is 3.19. The van der Waals surface area contributed by atoms with E-state index in [1.807, 2.05) is 24.3 Å². The van der Waals surface area contributed by atoms with Crippen LogP contribution in [0.15, 0.2) is 84.9 Å². The molecule has 1 N–H and O–H groups in total. The lowest BCUT2D eigenvalue weighted by molar-refractivity contribution is 0.0953. The van der Waals surface area contributed by atoms with Crippen LogP contribution < -0.4 is 5.32 Å². The fraction of sp³-hybridized carbons (Fsp3) is 0.214. The van der Waals surface area contributed by atoms with Gasteiger partial charge in [0, 0.05) is 25.1 Å². The molecule has 4 rings (SSSR count). The van der Waals surface area contributed by atoms with Crippen molar-refractivity contribution in [2.24, 2.45) is 0 Å². The van der Waals surface area contributed by atoms with Crippen LogP contribution in [0, 0.1) is 5.82 Å². The minimum Gasteiger partial charge on any atom is -0.352 e. The number of para-hydroxylation sites is 2. The van der Waals surface area contributed by atoms with E-state index in [0.717, 1.165) is 49.1 Å². The third-order valence-corrected chi connectivity index (χ3v) is 5.60. The largest absolute Gasteiger partial charge is 0.352 e. The molecule has 5 heteroatoms. The maximum Gasteiger partial charge on any atom is 0.251 e. The first-order valence-corrected chi connectivity index (χ1v) is 11.4. The van der Waals surface area contributed by atoms with Crippen molar-refractivity contribution in [2.75, 3.05) is 6.54 Å². The Balaban J connectivity index is 1.29. The summed E-state index contributed by atoms with van der Waals surface area (Å²) in [4.78, 5) is 17.0. The van der Waals surface area contributed by atoms with E-state index in [-0.39, 0.29) is 11.7 Å². The highest BCUT2D eigenvalue weighted by molar-refractivity contribution is 5.94. The molecule has 33 heavy (non-hydrogen) atoms. The SMILES string of the molecule is O=C(NCCCCCc1nc2ccccc2n1C/C=C/c1ccccc1)c1ccc(F)cc1. The van der Waals surface area contributed by atoms with E-state index in [0.29, 0.717) is 12.1 Å². The minimum absolute atomic E-state index is 0.165. The molecule has 0 aliphatic carbocycles. The van der Waals surface area contributed by atoms with Gasteiger partial charge in [0.2, 0.25) is 0 Å². The number of carbonyl (C=O) groups is 1. The van der Waals surface area contributed by atoms with Gasteiger partial charge in [0.25, 0.3) is 5.91 Å². The van der Waals surface area contributed by atoms with E-state index in [1.54, 1.807) is 0 Å². The van der Waals surface area contributed by atoms with Gasteiger partial charge in [0.1, 0.15) is 11.6 Å². The quantitative estimate of drug-likeness (QED) is 0.305. The second-order valence-electron chi connectivity index (χ2n) is 8.01. The van der Waals surface area contributed by atoms with Gasteiger partial charge in [-0.05, 0) is 54.8 Å². The summed E-state index contributed by atoms with van der Waals surface area (Å²) in [6.07, 6.45) is 8.09. The molecule has 1 aromatic heterocycles. The summed E-state index contributed by atoms with van der Waals surface area (Å²) >= 11 is 0. The summed E-state index contributed by atoms with van der Waals surface area (Å²) in [7, 11) is 0. The molecule has 1 heterocycles. The maximum absolute atomic E-state index is 13.0. The van der Waals surface area contributed by atoms with E-state index < -0.39 is 0 Å². The second kappa shape index (κ2) is 11.2. The number of rotatable bonds is 10. The Morgan fingerprint density at radius 2 is 1.67 bits per heavy atom. The number of hydrogen-bond donors (Lipinski definition) is 1. The summed E-state index contributed by atoms with van der Waals surface area (Å²) in [5, 5.41) is 2.90. The minimum atomic E-state index is -0.340. The number of nitrogens with one attached hydrogen (secondary N) is 1. The molecule has 0 unspecified atom stereocenters. The molecule has 0 atom stereocenters. The van der Waals surface area contributed by atoms with Gasteiger partial charge in [0.15, 0.2) is 0 Å². The monoisotopic (exact) mass is 441 g/mol. The standard InChI is InChI=1S/C28H28FN3O/c29-24-18-16-23(17-19-24)28(33)30-20-8-2-5-15-27-31-25-13-6-7-14-26(25)32(27)21-9-12-22-10-3-1-4-11-22/h1,3-4,6-7,9-14,16-19H,2,5,8,15,20-21H2,(H,30,33)/b12-9+. The number of aromatic nitrogens is 2. The molecule has 168 valence electrons. The van der Waals surface area contributed by atoms with Crippen LogP contribution in [0.2, 0.25) is 0 Å². The zero-order valence-electron chi connectivity index (χ0n) is 18.6. The summed E-state index contributed by atoms with van der Waals surface area (Å²) in [6.45, 7) is 1.38. The van der Waals surface area contributed by atoms with Gasteiger partial charge in [-0.1, -0.05) is 61.0 Å². The van der Waals surface area contributed by atoms with Crippen molar-refractivity contribution in [1.29, 1.82) is 0 Å². The topological polar surface area (TPSA) is 46.9 Å². The molecule has 0 fully saturated rings. The van der Waals surface area contributed by atoms with Crippen LogP contribution in [0.4, 0.5) is 4.39 Å². The van der Waals surface area contributed by atoms with Gasteiger partial charge in [-0.3, -0.25) is 4.79 Å². The maximum atomic E-state index is 13.0. The molecular weight excluding hydrogens is 413 g/mol. The summed E-state index contributed by atoms with van der Waals surface area (Å²) in [6, 6.07) is 24.1. The number of imidazole rings is 1. The van der Waals surface area contributed by atoms with Gasteiger partial charge in [0.05, 0.1) is 11.0 Å². The fourth-order valence-electron chi connectivity index (χ4n) is 3.87. The molecule has 0 aliphatic rings. The Kier molecular flexibility index (Phi) is 7.64. The summed E-state index contributed by atoms with van der Waals surface area (Å²) in [5.41, 5.74) is 3.84. The van der Waals surface area contributed by atoms with E-state index in [1.165, 1.54) is 29.8 Å². The Bertz CT molecular complexity index is 1210. The first kappa shape index (κ1) is 22.5. The number of nitrogens with zero attached hydrogens (tertiary/aromatic N) is 2. The van der Waals surface area contributed by atoms with Gasteiger partial charge in [-0.25, -0.2) is 9.37 Å². The van der Waals surface area contributed by atoms with Crippen LogP contribution in [-0.4, -0.2) is 22.0 Å². The number of halogens is 1. The Hall–Kier alpha value is -3.73. The lowest BCUT2D eigenvalue weighted by Gasteiger charge is -2.08. The predicted molar refractivity (Wildman–Crippen MR) is 131 cm³/mol. The molecule has 0 spiro atoms. The predicted octanol–water partition coefficient (Wildman–Crippen LogP) is 6.03. The smallest absolute Gasteiger partial charge is 0.251 e. The molecular formula is C28H28FN3O. The zero-order valence-corrected chi connectivity index (χ0v) is 18.6. The lowest BCUT2D eigenvalue weighted by Crippen LogP contribution is -2.24. The first-order chi connectivity index (χ1) is 16.2. The number of carbonyl (C=O) groups excluding carboxylic acids is 1. The van der Waals surface area contributed by atoms with Gasteiger partial charge in [-0.2, -0.15) is 0 Å². The number of aryl methyl sites for hydroxylation is 1. The van der Waals surface area contributed by atoms with E-state index in [9.17, 15) is 9.18 Å². The molecule has 4 nitrogen and oxygen atoms in total. The van der Waals surface area contributed by atoms with Crippen molar-refractivity contribution >= 4 is 23.0 Å². The normalized spacial score (nSPS) is 11.3. The summed E-state index contributed by atoms with van der Waals surface area (Å²) < 4.78 is 15.3. The van der Waals surface area contributed by atoms with Crippen LogP contribution in [0.25, 0.3) is 17.1 Å². The number of amides is 1. The van der Waals surface area contributed by atoms with Gasteiger partial charge < -0.3 is 9.88 Å². The van der Waals surface area contributed by atoms with Crippen LogP contribution in [0.3, 0.4) is 0 Å². The lowest BCUT2D eigenvalue weighted by atomic mass is 10.1. The molecule has 0 radical (unpaired) electrons. The van der Waals surface area contributed by atoms with Crippen molar-refractivity contribution in [1.82, 2.24) is 14.9 Å². The number of fused-ring (bicyclic) bond motifs is 1. The molecule has 0 aliphatic heterocycles. The number of allylic oxidation sites excluding steroid dienone is 1. The highest BCUT2D eigenvalue weighted by atomic mass is 19.1. The van der Waals surface area contributed by atoms with Crippen LogP contribution in [-0.2, 0) is 13.0 Å². The average molecular weight is 442 g/mol. The van der Waals surface area contributed by atoms with Crippen molar-refractivity contribution in [3.63, 3.8) is 0 Å². The van der Waals surface area contributed by atoms with Crippen molar-refractivity contribution in [3.05, 3.63) is 108 Å². The third-order valence-electron chi connectivity index (χ3n) is 5.60. The van der Waals surface area contributed by atoms with Crippen molar-refractivity contribution in [2.45, 2.75) is 32.2 Å². The van der Waals surface area contributed by atoms with E-state index in [2.05, 4.69) is 52.4 Å². The van der Waals surface area contributed by atoms with Crippen molar-refractivity contribution in [3.8, 4) is 0 Å². The zero-order chi connectivity index (χ0) is 22.9. The van der Waals surface area contributed by atoms with Crippen LogP contribution in [0.5, 0.6) is 0 Å². The Morgan fingerprint density at radius 3 is 2.48 bits per heavy atom. The fourth-order valence-corrected chi connectivity index (χ4v) is 3.87.